The minimum atomic E-state index is 1.23. The van der Waals surface area contributed by atoms with E-state index in [2.05, 4.69) is 206 Å². The number of hydrogen-bond acceptors (Lipinski definition) is 1. The second kappa shape index (κ2) is 12.7. The second-order valence-corrected chi connectivity index (χ2v) is 16.2. The lowest BCUT2D eigenvalue weighted by atomic mass is 9.83. The van der Waals surface area contributed by atoms with Crippen LogP contribution in [-0.4, -0.2) is 0 Å². The highest BCUT2D eigenvalue weighted by molar-refractivity contribution is 7.26. The zero-order valence-electron chi connectivity index (χ0n) is 31.0. The van der Waals surface area contributed by atoms with Gasteiger partial charge in [-0.25, -0.2) is 0 Å². The molecule has 0 aliphatic rings. The van der Waals surface area contributed by atoms with Crippen LogP contribution in [0.3, 0.4) is 0 Å². The van der Waals surface area contributed by atoms with Gasteiger partial charge in [-0.2, -0.15) is 0 Å². The molecule has 1 heterocycles. The average Bonchev–Trinajstić information content (AvgIpc) is 3.69. The first-order valence-electron chi connectivity index (χ1n) is 19.7. The van der Waals surface area contributed by atoms with Gasteiger partial charge in [0.15, 0.2) is 0 Å². The monoisotopic (exact) mass is 738 g/mol. The minimum Gasteiger partial charge on any atom is -0.134 e. The largest absolute Gasteiger partial charge is 0.134 e. The van der Waals surface area contributed by atoms with E-state index in [0.29, 0.717) is 0 Å². The molecular formula is C56H34S. The summed E-state index contributed by atoms with van der Waals surface area (Å²) in [6.45, 7) is 0. The molecule has 1 heteroatoms. The Morgan fingerprint density at radius 3 is 1.47 bits per heavy atom. The van der Waals surface area contributed by atoms with Crippen LogP contribution in [0.25, 0.3) is 119 Å². The molecule has 57 heavy (non-hydrogen) atoms. The molecular weight excluding hydrogens is 705 g/mol. The van der Waals surface area contributed by atoms with E-state index >= 15 is 0 Å². The Morgan fingerprint density at radius 2 is 0.772 bits per heavy atom. The number of benzene rings is 11. The van der Waals surface area contributed by atoms with Crippen LogP contribution in [-0.2, 0) is 0 Å². The Hall–Kier alpha value is -7.06. The number of hydrogen-bond donors (Lipinski definition) is 0. The van der Waals surface area contributed by atoms with Crippen LogP contribution in [0.1, 0.15) is 0 Å². The van der Waals surface area contributed by atoms with E-state index in [1.165, 1.54) is 119 Å². The van der Waals surface area contributed by atoms with E-state index in [4.69, 9.17) is 0 Å². The number of thiophene rings is 1. The van der Waals surface area contributed by atoms with Crippen LogP contribution in [0.4, 0.5) is 0 Å². The second-order valence-electron chi connectivity index (χ2n) is 15.1. The normalized spacial score (nSPS) is 11.9. The summed E-state index contributed by atoms with van der Waals surface area (Å²) in [5.41, 5.74) is 10.0. The third-order valence-corrected chi connectivity index (χ3v) is 13.2. The summed E-state index contributed by atoms with van der Waals surface area (Å²) < 4.78 is 2.67. The van der Waals surface area contributed by atoms with Gasteiger partial charge < -0.3 is 0 Å². The molecule has 0 amide bonds. The third kappa shape index (κ3) is 4.93. The Labute approximate surface area is 334 Å². The zero-order valence-corrected chi connectivity index (χ0v) is 31.9. The summed E-state index contributed by atoms with van der Waals surface area (Å²) >= 11 is 1.92. The van der Waals surface area contributed by atoms with Crippen molar-refractivity contribution in [3.05, 3.63) is 206 Å². The lowest BCUT2D eigenvalue weighted by molar-refractivity contribution is 1.64. The van der Waals surface area contributed by atoms with Crippen LogP contribution < -0.4 is 0 Å². The van der Waals surface area contributed by atoms with Crippen molar-refractivity contribution in [2.24, 2.45) is 0 Å². The van der Waals surface area contributed by atoms with Crippen LogP contribution >= 0.6 is 11.3 Å². The lowest BCUT2D eigenvalue weighted by Gasteiger charge is -2.20. The molecule has 12 aromatic rings. The Bertz CT molecular complexity index is 3510. The van der Waals surface area contributed by atoms with E-state index in [9.17, 15) is 0 Å². The highest BCUT2D eigenvalue weighted by Crippen LogP contribution is 2.49. The van der Waals surface area contributed by atoms with E-state index in [0.717, 1.165) is 0 Å². The van der Waals surface area contributed by atoms with Crippen LogP contribution in [0.5, 0.6) is 0 Å². The van der Waals surface area contributed by atoms with Gasteiger partial charge in [0.2, 0.25) is 0 Å². The van der Waals surface area contributed by atoms with Crippen LogP contribution in [0.2, 0.25) is 0 Å². The van der Waals surface area contributed by atoms with Gasteiger partial charge in [-0.05, 0) is 111 Å². The first kappa shape index (κ1) is 32.2. The number of rotatable bonds is 4. The third-order valence-electron chi connectivity index (χ3n) is 12.0. The molecule has 0 bridgehead atoms. The van der Waals surface area contributed by atoms with E-state index in [-0.39, 0.29) is 0 Å². The van der Waals surface area contributed by atoms with E-state index in [1.54, 1.807) is 0 Å². The van der Waals surface area contributed by atoms with Crippen molar-refractivity contribution in [3.8, 4) is 44.5 Å². The van der Waals surface area contributed by atoms with Crippen molar-refractivity contribution in [2.45, 2.75) is 0 Å². The summed E-state index contributed by atoms with van der Waals surface area (Å²) in [5, 5.41) is 15.5. The summed E-state index contributed by atoms with van der Waals surface area (Å²) in [7, 11) is 0. The summed E-state index contributed by atoms with van der Waals surface area (Å²) in [4.78, 5) is 0. The van der Waals surface area contributed by atoms with E-state index in [1.807, 2.05) is 11.3 Å². The van der Waals surface area contributed by atoms with Crippen molar-refractivity contribution < 1.29 is 0 Å². The molecule has 11 aromatic carbocycles. The molecule has 0 unspecified atom stereocenters. The highest BCUT2D eigenvalue weighted by atomic mass is 32.1. The fraction of sp³-hybridized carbons (Fsp3) is 0. The molecule has 0 N–H and O–H groups in total. The maximum atomic E-state index is 2.43. The van der Waals surface area contributed by atoms with Crippen molar-refractivity contribution in [1.29, 1.82) is 0 Å². The van der Waals surface area contributed by atoms with Gasteiger partial charge in [-0.3, -0.25) is 0 Å². The molecule has 0 atom stereocenters. The fourth-order valence-corrected chi connectivity index (χ4v) is 10.8. The van der Waals surface area contributed by atoms with Crippen molar-refractivity contribution in [1.82, 2.24) is 0 Å². The predicted octanol–water partition coefficient (Wildman–Crippen LogP) is 16.5. The van der Waals surface area contributed by atoms with Gasteiger partial charge in [0.05, 0.1) is 0 Å². The van der Waals surface area contributed by atoms with Gasteiger partial charge in [0.25, 0.3) is 0 Å². The molecule has 0 fully saturated rings. The predicted molar refractivity (Wildman–Crippen MR) is 249 cm³/mol. The fourth-order valence-electron chi connectivity index (χ4n) is 9.56. The van der Waals surface area contributed by atoms with Gasteiger partial charge in [-0.15, -0.1) is 11.3 Å². The average molecular weight is 739 g/mol. The van der Waals surface area contributed by atoms with Gasteiger partial charge in [0, 0.05) is 25.7 Å². The standard InChI is InChI=1S/C56H34S/c1-2-15-35(16-3-1)40-30-31-49(44-24-9-8-23-43(40)44)53-47-27-12-10-25-45(47)52(46-26-11-13-28-48(46)53)39-20-14-19-37(33-39)50-34-38-18-5-7-22-42(38)55-54-41-21-6-4-17-36(41)29-32-51(54)57-56(50)55/h1-34H. The zero-order chi connectivity index (χ0) is 37.5. The molecule has 0 radical (unpaired) electrons. The first-order valence-corrected chi connectivity index (χ1v) is 20.5. The SMILES string of the molecule is c1ccc(-c2ccc(-c3c4ccccc4c(-c4cccc(-c5cc6ccccc6c6c5sc5ccc7ccccc7c56)c4)c4ccccc34)c3ccccc23)cc1. The topological polar surface area (TPSA) is 0 Å². The Balaban J connectivity index is 1.12. The molecule has 0 aliphatic carbocycles. The Kier molecular flexibility index (Phi) is 7.20. The van der Waals surface area contributed by atoms with Crippen molar-refractivity contribution in [2.75, 3.05) is 0 Å². The molecule has 0 nitrogen and oxygen atoms in total. The van der Waals surface area contributed by atoms with Crippen LogP contribution in [0.15, 0.2) is 206 Å². The Morgan fingerprint density at radius 1 is 0.263 bits per heavy atom. The molecule has 1 aromatic heterocycles. The molecule has 0 saturated carbocycles. The summed E-state index contributed by atoms with van der Waals surface area (Å²) in [6, 6.07) is 76.4. The van der Waals surface area contributed by atoms with Gasteiger partial charge in [-0.1, -0.05) is 188 Å². The molecule has 0 spiro atoms. The van der Waals surface area contributed by atoms with Gasteiger partial charge in [0.1, 0.15) is 0 Å². The molecule has 0 saturated heterocycles. The lowest BCUT2D eigenvalue weighted by Crippen LogP contribution is -1.93. The quantitative estimate of drug-likeness (QED) is 0.158. The summed E-state index contributed by atoms with van der Waals surface area (Å²) in [5.74, 6) is 0. The highest BCUT2D eigenvalue weighted by Gasteiger charge is 2.21. The van der Waals surface area contributed by atoms with E-state index < -0.39 is 0 Å². The van der Waals surface area contributed by atoms with Crippen molar-refractivity contribution in [3.63, 3.8) is 0 Å². The minimum absolute atomic E-state index is 1.23. The smallest absolute Gasteiger partial charge is 0.0440 e. The number of fused-ring (bicyclic) bond motifs is 10. The maximum Gasteiger partial charge on any atom is 0.0440 e. The first-order chi connectivity index (χ1) is 28.3. The summed E-state index contributed by atoms with van der Waals surface area (Å²) in [6.07, 6.45) is 0. The molecule has 12 rings (SSSR count). The van der Waals surface area contributed by atoms with Crippen molar-refractivity contribution >= 4 is 85.4 Å². The van der Waals surface area contributed by atoms with Gasteiger partial charge >= 0.3 is 0 Å². The van der Waals surface area contributed by atoms with Crippen LogP contribution in [0, 0.1) is 0 Å². The molecule has 264 valence electrons. The maximum absolute atomic E-state index is 2.43. The molecule has 0 aliphatic heterocycles.